The van der Waals surface area contributed by atoms with E-state index in [1.54, 1.807) is 19.1 Å². The van der Waals surface area contributed by atoms with Crippen molar-refractivity contribution >= 4 is 40.9 Å². The molecule has 1 atom stereocenters. The average molecular weight is 407 g/mol. The fourth-order valence-electron chi connectivity index (χ4n) is 2.37. The van der Waals surface area contributed by atoms with Gasteiger partial charge < -0.3 is 5.73 Å². The van der Waals surface area contributed by atoms with Gasteiger partial charge in [0.1, 0.15) is 0 Å². The summed E-state index contributed by atoms with van der Waals surface area (Å²) in [5.74, 6) is 0.199. The summed E-state index contributed by atoms with van der Waals surface area (Å²) in [6.07, 6.45) is 0. The quantitative estimate of drug-likeness (QED) is 0.620. The second-order valence-corrected chi connectivity index (χ2v) is 7.82. The number of rotatable bonds is 6. The summed E-state index contributed by atoms with van der Waals surface area (Å²) in [5, 5.41) is 9.75. The van der Waals surface area contributed by atoms with Crippen molar-refractivity contribution in [1.29, 1.82) is 0 Å². The fourth-order valence-corrected chi connectivity index (χ4v) is 3.66. The molecule has 0 radical (unpaired) electrons. The number of primary amides is 1. The molecular weight excluding hydrogens is 391 g/mol. The van der Waals surface area contributed by atoms with Gasteiger partial charge in [-0.25, -0.2) is 0 Å². The Labute approximate surface area is 165 Å². The summed E-state index contributed by atoms with van der Waals surface area (Å²) >= 11 is 13.6. The van der Waals surface area contributed by atoms with Crippen LogP contribution in [0.4, 0.5) is 0 Å². The van der Waals surface area contributed by atoms with Crippen molar-refractivity contribution in [2.45, 2.75) is 23.9 Å². The first-order valence-electron chi connectivity index (χ1n) is 7.84. The Hall–Kier alpha value is -2.02. The largest absolute Gasteiger partial charge is 0.369 e. The normalized spacial score (nSPS) is 12.1. The molecule has 1 amide bonds. The molecule has 3 rings (SSSR count). The molecule has 8 heteroatoms. The molecule has 1 heterocycles. The standard InChI is InChI=1S/C18H16Cl2N4OS/c1-11(16(21)25)26-18-23-22-17(14-8-7-13(19)9-15(14)20)24(18)10-12-5-3-2-4-6-12/h2-9,11H,10H2,1H3,(H2,21,25)/t11-/m1/s1. The highest BCUT2D eigenvalue weighted by Crippen LogP contribution is 2.32. The van der Waals surface area contributed by atoms with Gasteiger partial charge in [0.2, 0.25) is 5.91 Å². The zero-order valence-corrected chi connectivity index (χ0v) is 16.2. The number of thioether (sulfide) groups is 1. The topological polar surface area (TPSA) is 73.8 Å². The Morgan fingerprint density at radius 3 is 2.58 bits per heavy atom. The summed E-state index contributed by atoms with van der Waals surface area (Å²) < 4.78 is 1.93. The van der Waals surface area contributed by atoms with Crippen LogP contribution in [0.25, 0.3) is 11.4 Å². The van der Waals surface area contributed by atoms with E-state index < -0.39 is 11.2 Å². The van der Waals surface area contributed by atoms with E-state index >= 15 is 0 Å². The minimum Gasteiger partial charge on any atom is -0.369 e. The average Bonchev–Trinajstić information content (AvgIpc) is 2.98. The van der Waals surface area contributed by atoms with Gasteiger partial charge in [-0.15, -0.1) is 10.2 Å². The molecule has 0 saturated heterocycles. The first-order valence-corrected chi connectivity index (χ1v) is 9.48. The first-order chi connectivity index (χ1) is 12.5. The minimum absolute atomic E-state index is 0.407. The monoisotopic (exact) mass is 406 g/mol. The zero-order valence-electron chi connectivity index (χ0n) is 13.9. The van der Waals surface area contributed by atoms with Gasteiger partial charge in [-0.2, -0.15) is 0 Å². The fraction of sp³-hybridized carbons (Fsp3) is 0.167. The van der Waals surface area contributed by atoms with Crippen LogP contribution in [0.5, 0.6) is 0 Å². The van der Waals surface area contributed by atoms with Crippen LogP contribution in [0, 0.1) is 0 Å². The molecule has 0 aliphatic heterocycles. The highest BCUT2D eigenvalue weighted by molar-refractivity contribution is 8.00. The van der Waals surface area contributed by atoms with Crippen molar-refractivity contribution < 1.29 is 4.79 Å². The van der Waals surface area contributed by atoms with Crippen molar-refractivity contribution in [3.8, 4) is 11.4 Å². The van der Waals surface area contributed by atoms with E-state index in [-0.39, 0.29) is 0 Å². The number of benzene rings is 2. The van der Waals surface area contributed by atoms with Crippen LogP contribution in [-0.4, -0.2) is 25.9 Å². The molecule has 0 saturated carbocycles. The van der Waals surface area contributed by atoms with Crippen LogP contribution in [0.2, 0.25) is 10.0 Å². The molecule has 3 aromatic rings. The number of nitrogens with two attached hydrogens (primary N) is 1. The lowest BCUT2D eigenvalue weighted by Crippen LogP contribution is -2.23. The molecule has 2 aromatic carbocycles. The Balaban J connectivity index is 2.06. The lowest BCUT2D eigenvalue weighted by molar-refractivity contribution is -0.117. The Bertz CT molecular complexity index is 930. The predicted octanol–water partition coefficient (Wildman–Crippen LogP) is 4.27. The van der Waals surface area contributed by atoms with Crippen molar-refractivity contribution in [2.24, 2.45) is 5.73 Å². The van der Waals surface area contributed by atoms with Crippen molar-refractivity contribution in [1.82, 2.24) is 14.8 Å². The van der Waals surface area contributed by atoms with Gasteiger partial charge >= 0.3 is 0 Å². The molecule has 0 bridgehead atoms. The maximum Gasteiger partial charge on any atom is 0.230 e. The molecule has 1 aromatic heterocycles. The molecule has 2 N–H and O–H groups in total. The van der Waals surface area contributed by atoms with E-state index in [4.69, 9.17) is 28.9 Å². The Kier molecular flexibility index (Phi) is 5.86. The number of halogens is 2. The number of hydrogen-bond acceptors (Lipinski definition) is 4. The molecule has 134 valence electrons. The number of carbonyl (C=O) groups is 1. The van der Waals surface area contributed by atoms with Crippen molar-refractivity contribution in [3.63, 3.8) is 0 Å². The SMILES string of the molecule is C[C@@H](Sc1nnc(-c2ccc(Cl)cc2Cl)n1Cc1ccccc1)C(N)=O. The third-order valence-corrected chi connectivity index (χ3v) is 5.40. The van der Waals surface area contributed by atoms with Crippen LogP contribution in [0.3, 0.4) is 0 Å². The third-order valence-electron chi connectivity index (χ3n) is 3.76. The molecule has 0 aliphatic carbocycles. The zero-order chi connectivity index (χ0) is 18.7. The summed E-state index contributed by atoms with van der Waals surface area (Å²) in [4.78, 5) is 11.4. The molecule has 0 spiro atoms. The van der Waals surface area contributed by atoms with Crippen molar-refractivity contribution in [2.75, 3.05) is 0 Å². The van der Waals surface area contributed by atoms with Gasteiger partial charge in [0, 0.05) is 10.6 Å². The second-order valence-electron chi connectivity index (χ2n) is 5.66. The Morgan fingerprint density at radius 2 is 1.92 bits per heavy atom. The summed E-state index contributed by atoms with van der Waals surface area (Å²) in [5.41, 5.74) is 7.19. The van der Waals surface area contributed by atoms with Gasteiger partial charge in [-0.1, -0.05) is 65.3 Å². The molecular formula is C18H16Cl2N4OS. The molecule has 0 aliphatic rings. The summed E-state index contributed by atoms with van der Waals surface area (Å²) in [6.45, 7) is 2.28. The van der Waals surface area contributed by atoms with Crippen molar-refractivity contribution in [3.05, 3.63) is 64.1 Å². The third kappa shape index (κ3) is 4.20. The van der Waals surface area contributed by atoms with E-state index in [9.17, 15) is 4.79 Å². The van der Waals surface area contributed by atoms with E-state index in [1.807, 2.05) is 41.0 Å². The maximum absolute atomic E-state index is 11.4. The van der Waals surface area contributed by atoms with Gasteiger partial charge in [0.05, 0.1) is 16.8 Å². The van der Waals surface area contributed by atoms with Crippen LogP contribution in [0.1, 0.15) is 12.5 Å². The lowest BCUT2D eigenvalue weighted by Gasteiger charge is -2.13. The smallest absolute Gasteiger partial charge is 0.230 e. The number of nitrogens with zero attached hydrogens (tertiary/aromatic N) is 3. The molecule has 0 unspecified atom stereocenters. The highest BCUT2D eigenvalue weighted by Gasteiger charge is 2.20. The van der Waals surface area contributed by atoms with E-state index in [0.29, 0.717) is 27.6 Å². The van der Waals surface area contributed by atoms with Crippen LogP contribution in [-0.2, 0) is 11.3 Å². The van der Waals surface area contributed by atoms with Crippen LogP contribution in [0.15, 0.2) is 53.7 Å². The molecule has 5 nitrogen and oxygen atoms in total. The second kappa shape index (κ2) is 8.12. The van der Waals surface area contributed by atoms with Crippen LogP contribution < -0.4 is 5.73 Å². The summed E-state index contributed by atoms with van der Waals surface area (Å²) in [7, 11) is 0. The van der Waals surface area contributed by atoms with E-state index in [2.05, 4.69) is 10.2 Å². The highest BCUT2D eigenvalue weighted by atomic mass is 35.5. The number of aromatic nitrogens is 3. The number of hydrogen-bond donors (Lipinski definition) is 1. The van der Waals surface area contributed by atoms with Gasteiger partial charge in [0.15, 0.2) is 11.0 Å². The van der Waals surface area contributed by atoms with E-state index in [0.717, 1.165) is 11.1 Å². The lowest BCUT2D eigenvalue weighted by atomic mass is 10.2. The number of carbonyl (C=O) groups excluding carboxylic acids is 1. The maximum atomic E-state index is 11.4. The molecule has 26 heavy (non-hydrogen) atoms. The minimum atomic E-state index is -0.428. The van der Waals surface area contributed by atoms with Gasteiger partial charge in [-0.3, -0.25) is 9.36 Å². The number of amides is 1. The van der Waals surface area contributed by atoms with Crippen LogP contribution >= 0.6 is 35.0 Å². The first kappa shape index (κ1) is 18.8. The van der Waals surface area contributed by atoms with E-state index in [1.165, 1.54) is 11.8 Å². The van der Waals surface area contributed by atoms with Gasteiger partial charge in [0.25, 0.3) is 0 Å². The predicted molar refractivity (Wildman–Crippen MR) is 106 cm³/mol. The van der Waals surface area contributed by atoms with Gasteiger partial charge in [-0.05, 0) is 30.7 Å². The Morgan fingerprint density at radius 1 is 1.19 bits per heavy atom. The summed E-state index contributed by atoms with van der Waals surface area (Å²) in [6, 6.07) is 15.1. The molecule has 0 fully saturated rings.